The largest absolute Gasteiger partial charge is 0.317 e. The monoisotopic (exact) mass is 142 g/mol. The molecule has 1 atom stereocenters. The summed E-state index contributed by atoms with van der Waals surface area (Å²) in [6.07, 6.45) is 0. The van der Waals surface area contributed by atoms with Crippen molar-refractivity contribution in [1.29, 1.82) is 0 Å². The van der Waals surface area contributed by atoms with Crippen LogP contribution in [0.25, 0.3) is 0 Å². The van der Waals surface area contributed by atoms with Gasteiger partial charge in [-0.3, -0.25) is 0 Å². The van der Waals surface area contributed by atoms with Crippen LogP contribution in [-0.2, 0) is 0 Å². The quantitative estimate of drug-likeness (QED) is 0.501. The van der Waals surface area contributed by atoms with Crippen molar-refractivity contribution >= 4 is 9.39 Å². The molecule has 0 spiro atoms. The summed E-state index contributed by atoms with van der Waals surface area (Å²) < 4.78 is 2.01. The van der Waals surface area contributed by atoms with Gasteiger partial charge < -0.3 is 4.34 Å². The molecule has 0 aliphatic rings. The Kier molecular flexibility index (Phi) is 1.58. The number of aryl methyl sites for hydroxylation is 2. The van der Waals surface area contributed by atoms with Crippen LogP contribution in [0.4, 0.5) is 0 Å². The number of hydrogen-bond donors (Lipinski definition) is 0. The van der Waals surface area contributed by atoms with E-state index in [1.165, 1.54) is 5.69 Å². The van der Waals surface area contributed by atoms with E-state index in [4.69, 9.17) is 0 Å². The van der Waals surface area contributed by atoms with Crippen LogP contribution < -0.4 is 0 Å². The number of nitrogens with zero attached hydrogens (tertiary/aromatic N) is 2. The second kappa shape index (κ2) is 2.11. The van der Waals surface area contributed by atoms with Crippen molar-refractivity contribution in [3.63, 3.8) is 0 Å². The fourth-order valence-electron chi connectivity index (χ4n) is 0.794. The van der Waals surface area contributed by atoms with E-state index in [-0.39, 0.29) is 0 Å². The highest BCUT2D eigenvalue weighted by atomic mass is 31.0. The maximum Gasteiger partial charge on any atom is 0.108 e. The molecule has 0 fully saturated rings. The molecule has 2 nitrogen and oxygen atoms in total. The van der Waals surface area contributed by atoms with Crippen LogP contribution in [0.15, 0.2) is 0 Å². The highest BCUT2D eigenvalue weighted by Gasteiger charge is 2.00. The molecule has 1 aromatic rings. The maximum absolute atomic E-state index is 4.25. The van der Waals surface area contributed by atoms with E-state index >= 15 is 0 Å². The minimum absolute atomic E-state index is 1.05. The van der Waals surface area contributed by atoms with Crippen molar-refractivity contribution in [3.8, 4) is 0 Å². The molecule has 1 heterocycles. The van der Waals surface area contributed by atoms with Gasteiger partial charge in [0, 0.05) is 5.69 Å². The smallest absolute Gasteiger partial charge is 0.108 e. The molecule has 3 heteroatoms. The molecule has 0 amide bonds. The fourth-order valence-corrected chi connectivity index (χ4v) is 1.04. The molecule has 1 aromatic heterocycles. The Morgan fingerprint density at radius 1 is 1.33 bits per heavy atom. The van der Waals surface area contributed by atoms with E-state index in [1.807, 2.05) is 18.2 Å². The van der Waals surface area contributed by atoms with Crippen molar-refractivity contribution in [2.45, 2.75) is 20.8 Å². The summed E-state index contributed by atoms with van der Waals surface area (Å²) in [6.45, 7) is 6.07. The van der Waals surface area contributed by atoms with E-state index < -0.39 is 0 Å². The number of aromatic nitrogens is 2. The van der Waals surface area contributed by atoms with E-state index in [1.54, 1.807) is 0 Å². The second-order valence-electron chi connectivity index (χ2n) is 2.20. The van der Waals surface area contributed by atoms with E-state index in [0.29, 0.717) is 0 Å². The third kappa shape index (κ3) is 0.994. The standard InChI is InChI=1S/C6H11N2P/c1-4-5(2)8(9)6(3)7-4/h9H2,1-3H3. The van der Waals surface area contributed by atoms with Gasteiger partial charge in [0.1, 0.15) is 5.82 Å². The third-order valence-corrected chi connectivity index (χ3v) is 2.32. The second-order valence-corrected chi connectivity index (χ2v) is 2.72. The Morgan fingerprint density at radius 2 is 1.89 bits per heavy atom. The average Bonchev–Trinajstić information content (AvgIpc) is 1.98. The van der Waals surface area contributed by atoms with Crippen molar-refractivity contribution in [2.75, 3.05) is 0 Å². The van der Waals surface area contributed by atoms with Crippen LogP contribution in [0.3, 0.4) is 0 Å². The Labute approximate surface area is 57.6 Å². The predicted molar refractivity (Wildman–Crippen MR) is 41.5 cm³/mol. The van der Waals surface area contributed by atoms with E-state index in [0.717, 1.165) is 11.5 Å². The van der Waals surface area contributed by atoms with Crippen LogP contribution in [0, 0.1) is 20.8 Å². The Hall–Kier alpha value is -0.360. The van der Waals surface area contributed by atoms with Crippen LogP contribution in [0.1, 0.15) is 17.2 Å². The molecule has 0 saturated carbocycles. The molecular formula is C6H11N2P. The zero-order chi connectivity index (χ0) is 7.02. The normalized spacial score (nSPS) is 10.2. The molecule has 0 bridgehead atoms. The SMILES string of the molecule is Cc1nc(C)n(P)c1C. The first-order valence-electron chi connectivity index (χ1n) is 2.90. The topological polar surface area (TPSA) is 17.8 Å². The molecule has 1 unspecified atom stereocenters. The first-order chi connectivity index (χ1) is 4.13. The summed E-state index contributed by atoms with van der Waals surface area (Å²) in [5.74, 6) is 1.05. The molecule has 0 N–H and O–H groups in total. The van der Waals surface area contributed by atoms with Gasteiger partial charge in [0.2, 0.25) is 0 Å². The van der Waals surface area contributed by atoms with E-state index in [9.17, 15) is 0 Å². The van der Waals surface area contributed by atoms with Crippen LogP contribution >= 0.6 is 9.39 Å². The molecule has 50 valence electrons. The van der Waals surface area contributed by atoms with Crippen LogP contribution in [-0.4, -0.2) is 9.32 Å². The van der Waals surface area contributed by atoms with E-state index in [2.05, 4.69) is 21.3 Å². The maximum atomic E-state index is 4.25. The lowest BCUT2D eigenvalue weighted by Crippen LogP contribution is -1.84. The van der Waals surface area contributed by atoms with Gasteiger partial charge in [-0.15, -0.1) is 0 Å². The highest BCUT2D eigenvalue weighted by Crippen LogP contribution is 2.11. The van der Waals surface area contributed by atoms with Gasteiger partial charge in [-0.25, -0.2) is 4.98 Å². The van der Waals surface area contributed by atoms with Crippen molar-refractivity contribution in [1.82, 2.24) is 9.32 Å². The van der Waals surface area contributed by atoms with Gasteiger partial charge in [0.25, 0.3) is 0 Å². The fraction of sp³-hybridized carbons (Fsp3) is 0.500. The Bertz CT molecular complexity index is 205. The first-order valence-corrected chi connectivity index (χ1v) is 3.42. The lowest BCUT2D eigenvalue weighted by atomic mass is 10.4. The molecule has 0 aromatic carbocycles. The van der Waals surface area contributed by atoms with Gasteiger partial charge in [0.15, 0.2) is 0 Å². The van der Waals surface area contributed by atoms with Crippen molar-refractivity contribution in [2.24, 2.45) is 0 Å². The number of hydrogen-bond acceptors (Lipinski definition) is 1. The van der Waals surface area contributed by atoms with Gasteiger partial charge in [0.05, 0.1) is 5.69 Å². The van der Waals surface area contributed by atoms with Gasteiger partial charge in [-0.2, -0.15) is 0 Å². The molecule has 0 aliphatic carbocycles. The summed E-state index contributed by atoms with van der Waals surface area (Å²) in [5, 5.41) is 0. The Morgan fingerprint density at radius 3 is 2.00 bits per heavy atom. The summed E-state index contributed by atoms with van der Waals surface area (Å²) in [6, 6.07) is 0. The molecule has 0 saturated heterocycles. The molecule has 1 rings (SSSR count). The zero-order valence-corrected chi connectivity index (χ0v) is 7.13. The summed E-state index contributed by atoms with van der Waals surface area (Å²) in [5.41, 5.74) is 2.33. The molecule has 0 aliphatic heterocycles. The summed E-state index contributed by atoms with van der Waals surface area (Å²) >= 11 is 0. The molecule has 9 heavy (non-hydrogen) atoms. The summed E-state index contributed by atoms with van der Waals surface area (Å²) in [7, 11) is 2.62. The zero-order valence-electron chi connectivity index (χ0n) is 5.97. The number of imidazole rings is 1. The van der Waals surface area contributed by atoms with Gasteiger partial charge in [-0.05, 0) is 30.2 Å². The Balaban J connectivity index is 3.29. The lowest BCUT2D eigenvalue weighted by Gasteiger charge is -1.94. The van der Waals surface area contributed by atoms with Gasteiger partial charge in [-0.1, -0.05) is 0 Å². The highest BCUT2D eigenvalue weighted by molar-refractivity contribution is 7.14. The third-order valence-electron chi connectivity index (χ3n) is 1.56. The van der Waals surface area contributed by atoms with Crippen molar-refractivity contribution < 1.29 is 0 Å². The van der Waals surface area contributed by atoms with Crippen LogP contribution in [0.5, 0.6) is 0 Å². The number of rotatable bonds is 0. The average molecular weight is 142 g/mol. The van der Waals surface area contributed by atoms with Crippen molar-refractivity contribution in [3.05, 3.63) is 17.2 Å². The molecule has 0 radical (unpaired) electrons. The van der Waals surface area contributed by atoms with Gasteiger partial charge >= 0.3 is 0 Å². The van der Waals surface area contributed by atoms with Crippen LogP contribution in [0.2, 0.25) is 0 Å². The summed E-state index contributed by atoms with van der Waals surface area (Å²) in [4.78, 5) is 4.25. The minimum atomic E-state index is 1.05. The molecular weight excluding hydrogens is 131 g/mol. The minimum Gasteiger partial charge on any atom is -0.317 e. The predicted octanol–water partition coefficient (Wildman–Crippen LogP) is 1.45. The lowest BCUT2D eigenvalue weighted by molar-refractivity contribution is 1.06. The first kappa shape index (κ1) is 6.76.